The Balaban J connectivity index is 0.000000892. The van der Waals surface area contributed by atoms with Gasteiger partial charge in [0.2, 0.25) is 0 Å². The van der Waals surface area contributed by atoms with Gasteiger partial charge in [0, 0.05) is 28.4 Å². The molecule has 2 rings (SSSR count). The summed E-state index contributed by atoms with van der Waals surface area (Å²) in [5, 5.41) is 22.0. The van der Waals surface area contributed by atoms with Gasteiger partial charge in [-0.05, 0) is 30.6 Å². The van der Waals surface area contributed by atoms with Gasteiger partial charge in [0.25, 0.3) is 5.69 Å². The first-order valence-electron chi connectivity index (χ1n) is 7.89. The zero-order valence-corrected chi connectivity index (χ0v) is 17.1. The number of aromatic nitrogens is 1. The third kappa shape index (κ3) is 6.76. The van der Waals surface area contributed by atoms with Crippen LogP contribution in [0, 0.1) is 10.1 Å². The van der Waals surface area contributed by atoms with Gasteiger partial charge in [-0.15, -0.1) is 0 Å². The van der Waals surface area contributed by atoms with Crippen LogP contribution in [0.2, 0.25) is 0 Å². The molecule has 12 heteroatoms. The second-order valence-corrected chi connectivity index (χ2v) is 8.80. The van der Waals surface area contributed by atoms with Crippen molar-refractivity contribution in [1.82, 2.24) is 4.98 Å². The molecule has 2 unspecified atom stereocenters. The van der Waals surface area contributed by atoms with Crippen LogP contribution in [0.1, 0.15) is 32.0 Å². The summed E-state index contributed by atoms with van der Waals surface area (Å²) in [6, 6.07) is 3.04. The number of halogens is 3. The smallest absolute Gasteiger partial charge is 0.423 e. The molecule has 0 fully saturated rings. The van der Waals surface area contributed by atoms with Crippen LogP contribution in [0.15, 0.2) is 18.2 Å². The van der Waals surface area contributed by atoms with Crippen LogP contribution < -0.4 is 0 Å². The number of aromatic amines is 1. The van der Waals surface area contributed by atoms with E-state index in [9.17, 15) is 28.4 Å². The van der Waals surface area contributed by atoms with Crippen molar-refractivity contribution in [2.24, 2.45) is 0 Å². The lowest BCUT2D eigenvalue weighted by atomic mass is 10.1. The number of nitrogens with one attached hydrogen (secondary N) is 1. The fourth-order valence-corrected chi connectivity index (χ4v) is 3.06. The van der Waals surface area contributed by atoms with Crippen molar-refractivity contribution >= 4 is 39.4 Å². The molecule has 2 N–H and O–H groups in total. The summed E-state index contributed by atoms with van der Waals surface area (Å²) >= 11 is -0.361. The van der Waals surface area contributed by atoms with E-state index in [1.807, 2.05) is 13.8 Å². The van der Waals surface area contributed by atoms with Crippen LogP contribution >= 0.6 is 11.8 Å². The van der Waals surface area contributed by atoms with Crippen LogP contribution in [0.4, 0.5) is 18.9 Å². The highest BCUT2D eigenvalue weighted by molar-refractivity contribution is 7.99. The summed E-state index contributed by atoms with van der Waals surface area (Å²) in [5.74, 6) is 0.339. The van der Waals surface area contributed by atoms with Gasteiger partial charge in [-0.25, -0.2) is 0 Å². The fourth-order valence-electron chi connectivity index (χ4n) is 2.24. The Hall–Kier alpha value is -1.63. The Labute approximate surface area is 166 Å². The van der Waals surface area contributed by atoms with E-state index >= 15 is 0 Å². The molecule has 0 saturated heterocycles. The first-order valence-corrected chi connectivity index (χ1v) is 10.4. The van der Waals surface area contributed by atoms with Crippen LogP contribution in [-0.4, -0.2) is 41.0 Å². The number of nitro groups is 1. The zero-order valence-electron chi connectivity index (χ0n) is 15.5. The fraction of sp³-hybridized carbons (Fsp3) is 0.500. The van der Waals surface area contributed by atoms with E-state index in [1.165, 1.54) is 17.8 Å². The van der Waals surface area contributed by atoms with Crippen molar-refractivity contribution in [3.63, 3.8) is 0 Å². The summed E-state index contributed by atoms with van der Waals surface area (Å²) < 4.78 is 57.0. The Kier molecular flexibility index (Phi) is 8.06. The molecule has 28 heavy (non-hydrogen) atoms. The van der Waals surface area contributed by atoms with Crippen LogP contribution in [0.25, 0.3) is 10.9 Å². The predicted molar refractivity (Wildman–Crippen MR) is 102 cm³/mol. The Morgan fingerprint density at radius 3 is 2.29 bits per heavy atom. The lowest BCUT2D eigenvalue weighted by Crippen LogP contribution is -2.25. The number of fused-ring (bicyclic) bond motifs is 1. The number of benzene rings is 1. The first-order chi connectivity index (χ1) is 12.6. The van der Waals surface area contributed by atoms with Gasteiger partial charge in [0.1, 0.15) is 11.2 Å². The standard InChI is InChI=1S/C15H17F3N2O3S.CH4O2S/c1-8(2)24-7-14(3,21)13-5-9-4-12(20(22)23)10(15(16,17)18)6-11(9)19-13;1-4(2)3/h4-6,8,19,21H,7H2,1-3H3;1H3,(H,2,3)/p-1. The third-order valence-electron chi connectivity index (χ3n) is 3.52. The number of H-pyrrole nitrogens is 1. The number of thioether (sulfide) groups is 1. The highest BCUT2D eigenvalue weighted by Crippen LogP contribution is 2.39. The van der Waals surface area contributed by atoms with Gasteiger partial charge < -0.3 is 14.6 Å². The number of rotatable bonds is 5. The van der Waals surface area contributed by atoms with Crippen molar-refractivity contribution in [2.45, 2.75) is 37.8 Å². The first kappa shape index (κ1) is 24.4. The summed E-state index contributed by atoms with van der Waals surface area (Å²) in [6.07, 6.45) is -3.75. The van der Waals surface area contributed by atoms with E-state index in [1.54, 1.807) is 6.92 Å². The molecule has 158 valence electrons. The average Bonchev–Trinajstić information content (AvgIpc) is 2.94. The van der Waals surface area contributed by atoms with E-state index in [-0.39, 0.29) is 16.2 Å². The van der Waals surface area contributed by atoms with Gasteiger partial charge in [-0.1, -0.05) is 24.9 Å². The largest absolute Gasteiger partial charge is 0.773 e. The molecule has 2 atom stereocenters. The molecule has 0 amide bonds. The van der Waals surface area contributed by atoms with Gasteiger partial charge >= 0.3 is 6.18 Å². The Morgan fingerprint density at radius 2 is 1.86 bits per heavy atom. The summed E-state index contributed by atoms with van der Waals surface area (Å²) in [6.45, 7) is 5.47. The summed E-state index contributed by atoms with van der Waals surface area (Å²) in [5.41, 5.74) is -3.19. The molecule has 1 heterocycles. The molecular weight excluding hydrogens is 421 g/mol. The van der Waals surface area contributed by atoms with E-state index in [4.69, 9.17) is 8.76 Å². The zero-order chi connectivity index (χ0) is 21.9. The minimum atomic E-state index is -4.84. The minimum absolute atomic E-state index is 0.0951. The normalized spacial score (nSPS) is 15.1. The second-order valence-electron chi connectivity index (χ2n) is 6.43. The second kappa shape index (κ2) is 9.25. The van der Waals surface area contributed by atoms with E-state index in [0.29, 0.717) is 17.5 Å². The predicted octanol–water partition coefficient (Wildman–Crippen LogP) is 3.94. The number of nitrogens with zero attached hydrogens (tertiary/aromatic N) is 1. The third-order valence-corrected chi connectivity index (χ3v) is 4.91. The minimum Gasteiger partial charge on any atom is -0.773 e. The quantitative estimate of drug-likeness (QED) is 0.412. The molecule has 0 aliphatic carbocycles. The molecule has 0 spiro atoms. The maximum Gasteiger partial charge on any atom is 0.423 e. The van der Waals surface area contributed by atoms with Crippen molar-refractivity contribution in [2.75, 3.05) is 12.0 Å². The van der Waals surface area contributed by atoms with Gasteiger partial charge in [-0.2, -0.15) is 24.9 Å². The van der Waals surface area contributed by atoms with Crippen LogP contribution in [0.5, 0.6) is 0 Å². The van der Waals surface area contributed by atoms with E-state index in [0.717, 1.165) is 12.3 Å². The van der Waals surface area contributed by atoms with Gasteiger partial charge in [-0.3, -0.25) is 14.3 Å². The van der Waals surface area contributed by atoms with Gasteiger partial charge in [0.15, 0.2) is 0 Å². The number of nitro benzene ring substituents is 1. The Morgan fingerprint density at radius 1 is 1.32 bits per heavy atom. The molecule has 0 radical (unpaired) electrons. The lowest BCUT2D eigenvalue weighted by molar-refractivity contribution is -0.387. The molecule has 1 aromatic carbocycles. The van der Waals surface area contributed by atoms with Crippen LogP contribution in [-0.2, 0) is 22.9 Å². The number of hydrogen-bond acceptors (Lipinski definition) is 6. The molecule has 0 aliphatic rings. The maximum atomic E-state index is 13.0. The van der Waals surface area contributed by atoms with Crippen molar-refractivity contribution in [3.05, 3.63) is 39.6 Å². The highest BCUT2D eigenvalue weighted by Gasteiger charge is 2.39. The molecule has 7 nitrogen and oxygen atoms in total. The molecule has 1 aromatic heterocycles. The summed E-state index contributed by atoms with van der Waals surface area (Å²) in [7, 11) is 0. The Bertz CT molecular complexity index is 862. The molecule has 2 aromatic rings. The van der Waals surface area contributed by atoms with E-state index < -0.39 is 39.0 Å². The van der Waals surface area contributed by atoms with Crippen molar-refractivity contribution in [3.8, 4) is 0 Å². The lowest BCUT2D eigenvalue weighted by Gasteiger charge is -2.22. The molecule has 0 bridgehead atoms. The van der Waals surface area contributed by atoms with Crippen molar-refractivity contribution < 1.29 is 32.0 Å². The topological polar surface area (TPSA) is 119 Å². The number of aliphatic hydroxyl groups is 1. The van der Waals surface area contributed by atoms with Crippen molar-refractivity contribution in [1.29, 1.82) is 0 Å². The highest BCUT2D eigenvalue weighted by atomic mass is 32.2. The summed E-state index contributed by atoms with van der Waals surface area (Å²) in [4.78, 5) is 12.6. The molecule has 0 aliphatic heterocycles. The number of alkyl halides is 3. The molecule has 0 saturated carbocycles. The van der Waals surface area contributed by atoms with Gasteiger partial charge in [0.05, 0.1) is 4.92 Å². The SMILES string of the molecule is CC(C)SCC(C)(O)c1cc2cc([N+](=O)[O-])c(C(F)(F)F)cc2[nH]1.CS(=O)[O-]. The average molecular weight is 441 g/mol. The monoisotopic (exact) mass is 441 g/mol. The van der Waals surface area contributed by atoms with E-state index in [2.05, 4.69) is 4.98 Å². The number of hydrogen-bond donors (Lipinski definition) is 2. The maximum absolute atomic E-state index is 13.0. The molecular formula is C16H20F3N2O5S2-. The van der Waals surface area contributed by atoms with Crippen LogP contribution in [0.3, 0.4) is 0 Å².